The number of Topliss-reactive ketones (excluding diaryl/α,β-unsaturated/α-hetero) is 2. The van der Waals surface area contributed by atoms with Crippen molar-refractivity contribution in [3.63, 3.8) is 0 Å². The van der Waals surface area contributed by atoms with E-state index in [0.29, 0.717) is 36.9 Å². The Labute approximate surface area is 307 Å². The highest BCUT2D eigenvalue weighted by atomic mass is 79.9. The maximum Gasteiger partial charge on any atom is 0.420 e. The van der Waals surface area contributed by atoms with E-state index >= 15 is 0 Å². The molecule has 274 valence electrons. The minimum Gasteiger partial charge on any atom is -0.326 e. The van der Waals surface area contributed by atoms with E-state index < -0.39 is 22.9 Å². The van der Waals surface area contributed by atoms with E-state index in [1.54, 1.807) is 12.1 Å². The second kappa shape index (κ2) is 14.8. The van der Waals surface area contributed by atoms with E-state index in [9.17, 15) is 32.3 Å². The zero-order chi connectivity index (χ0) is 37.5. The molecule has 2 amide bonds. The Kier molecular flexibility index (Phi) is 11.3. The number of allylic oxidation sites excluding steroid dienone is 4. The Bertz CT molecular complexity index is 1860. The number of hydrogen-bond donors (Lipinski definition) is 2. The Morgan fingerprint density at radius 2 is 1.18 bits per heavy atom. The molecule has 0 fully saturated rings. The number of halogens is 4. The van der Waals surface area contributed by atoms with Gasteiger partial charge >= 0.3 is 6.18 Å². The minimum absolute atomic E-state index is 0.0512. The van der Waals surface area contributed by atoms with Gasteiger partial charge in [0.1, 0.15) is 5.57 Å². The number of alkyl halides is 3. The van der Waals surface area contributed by atoms with Crippen LogP contribution in [0.5, 0.6) is 0 Å². The van der Waals surface area contributed by atoms with Gasteiger partial charge in [0.2, 0.25) is 11.8 Å². The number of carbonyl (C=O) groups excluding carboxylic acids is 4. The lowest BCUT2D eigenvalue weighted by Gasteiger charge is -2.37. The molecule has 0 aromatic heterocycles. The fourth-order valence-corrected chi connectivity index (χ4v) is 9.75. The molecule has 10 heteroatoms. The molecule has 2 unspecified atom stereocenters. The molecule has 2 atom stereocenters. The van der Waals surface area contributed by atoms with Gasteiger partial charge in [-0.25, -0.2) is 0 Å². The predicted octanol–water partition coefficient (Wildman–Crippen LogP) is 10.5. The van der Waals surface area contributed by atoms with Crippen molar-refractivity contribution in [3.8, 4) is 0 Å². The molecule has 0 saturated carbocycles. The van der Waals surface area contributed by atoms with Crippen LogP contribution in [0.3, 0.4) is 0 Å². The molecule has 4 aliphatic carbocycles. The van der Waals surface area contributed by atoms with E-state index in [2.05, 4.69) is 46.5 Å². The first-order valence-corrected chi connectivity index (χ1v) is 18.9. The van der Waals surface area contributed by atoms with Gasteiger partial charge in [-0.15, -0.1) is 0 Å². The fraction of sp³-hybridized carbons (Fsp3) is 0.512. The molecular weight excluding hydrogens is 721 g/mol. The molecule has 4 aliphatic rings. The number of fused-ring (bicyclic) bond motifs is 6. The predicted molar refractivity (Wildman–Crippen MR) is 200 cm³/mol. The number of amides is 2. The van der Waals surface area contributed by atoms with Crippen LogP contribution in [0.25, 0.3) is 11.1 Å². The second-order valence-electron chi connectivity index (χ2n) is 14.8. The highest BCUT2D eigenvalue weighted by Gasteiger charge is 2.53. The molecule has 0 bridgehead atoms. The number of benzene rings is 2. The van der Waals surface area contributed by atoms with Crippen LogP contribution in [0.1, 0.15) is 125 Å². The molecule has 0 aliphatic heterocycles. The van der Waals surface area contributed by atoms with E-state index in [0.717, 1.165) is 65.4 Å². The summed E-state index contributed by atoms with van der Waals surface area (Å²) in [6.07, 6.45) is 4.53. The summed E-state index contributed by atoms with van der Waals surface area (Å²) in [7, 11) is 0. The van der Waals surface area contributed by atoms with Gasteiger partial charge in [0.05, 0.1) is 4.48 Å². The normalized spacial score (nSPS) is 22.2. The first-order valence-electron chi connectivity index (χ1n) is 18.1. The Morgan fingerprint density at radius 3 is 1.61 bits per heavy atom. The van der Waals surface area contributed by atoms with Crippen LogP contribution < -0.4 is 10.6 Å². The van der Waals surface area contributed by atoms with Crippen molar-refractivity contribution in [2.45, 2.75) is 125 Å². The summed E-state index contributed by atoms with van der Waals surface area (Å²) in [5.74, 6) is -0.862. The third-order valence-corrected chi connectivity index (χ3v) is 12.2. The summed E-state index contributed by atoms with van der Waals surface area (Å²) in [6, 6.07) is 7.33. The van der Waals surface area contributed by atoms with Crippen LogP contribution in [0.4, 0.5) is 24.5 Å². The van der Waals surface area contributed by atoms with Gasteiger partial charge in [0, 0.05) is 48.9 Å². The number of nitrogens with one attached hydrogen (secondary N) is 2. The van der Waals surface area contributed by atoms with Crippen LogP contribution in [0.15, 0.2) is 34.3 Å². The maximum atomic E-state index is 13.8. The first kappa shape index (κ1) is 38.7. The maximum absolute atomic E-state index is 13.8. The molecule has 6 nitrogen and oxygen atoms in total. The van der Waals surface area contributed by atoms with Crippen molar-refractivity contribution >= 4 is 61.8 Å². The largest absolute Gasteiger partial charge is 0.420 e. The quantitative estimate of drug-likeness (QED) is 0.280. The van der Waals surface area contributed by atoms with Crippen LogP contribution in [0.2, 0.25) is 0 Å². The number of hydrogen-bond acceptors (Lipinski definition) is 4. The van der Waals surface area contributed by atoms with E-state index in [1.165, 1.54) is 37.0 Å². The smallest absolute Gasteiger partial charge is 0.326 e. The molecule has 0 saturated heterocycles. The molecule has 2 aromatic carbocycles. The molecule has 0 heterocycles. The highest BCUT2D eigenvalue weighted by molar-refractivity contribution is 9.12. The van der Waals surface area contributed by atoms with Crippen molar-refractivity contribution in [1.29, 1.82) is 0 Å². The van der Waals surface area contributed by atoms with Crippen molar-refractivity contribution in [3.05, 3.63) is 67.7 Å². The number of unbranched alkanes of at least 4 members (excludes halogenated alkanes) is 2. The van der Waals surface area contributed by atoms with Gasteiger partial charge in [-0.2, -0.15) is 13.2 Å². The molecule has 2 N–H and O–H groups in total. The average molecular weight is 770 g/mol. The SMILES string of the molecule is CCCCC12CCC(=O)C(Br)=C1c1ccc(NC(C)=O)c(C)c1C2.CCCCC12CCC(=O)C(C(F)(F)F)=C1c1ccc(NC(C)=O)c(C)c1C2. The van der Waals surface area contributed by atoms with Gasteiger partial charge in [-0.3, -0.25) is 19.2 Å². The number of ketones is 2. The monoisotopic (exact) mass is 768 g/mol. The average Bonchev–Trinajstić information content (AvgIpc) is 3.58. The Balaban J connectivity index is 0.000000199. The lowest BCUT2D eigenvalue weighted by atomic mass is 9.67. The van der Waals surface area contributed by atoms with Crippen molar-refractivity contribution in [1.82, 2.24) is 0 Å². The van der Waals surface area contributed by atoms with Crippen LogP contribution in [-0.2, 0) is 32.0 Å². The number of rotatable bonds is 8. The molecule has 51 heavy (non-hydrogen) atoms. The molecular formula is C41H48BrF3N2O4. The summed E-state index contributed by atoms with van der Waals surface area (Å²) in [4.78, 5) is 47.4. The van der Waals surface area contributed by atoms with Crippen molar-refractivity contribution < 1.29 is 32.3 Å². The third kappa shape index (κ3) is 7.26. The van der Waals surface area contributed by atoms with Gasteiger partial charge in [0.15, 0.2) is 11.6 Å². The number of anilines is 2. The topological polar surface area (TPSA) is 92.3 Å². The molecule has 0 radical (unpaired) electrons. The standard InChI is InChI=1S/C21H24F3NO2.C20H24BrNO2/c1-4-5-9-20-10-8-17(27)19(21(22,23)24)18(20)14-6-7-16(25-13(3)26)12(2)15(14)11-20;1-4-5-9-20-10-8-17(24)19(21)18(20)14-6-7-16(22-13(3)23)12(2)15(14)11-20/h6-7H,4-5,8-11H2,1-3H3,(H,25,26);6-7H,4-5,8-11H2,1-3H3,(H,22,23). The van der Waals surface area contributed by atoms with Crippen LogP contribution in [-0.4, -0.2) is 29.6 Å². The van der Waals surface area contributed by atoms with E-state index in [1.807, 2.05) is 19.9 Å². The lowest BCUT2D eigenvalue weighted by molar-refractivity contribution is -0.130. The molecule has 6 rings (SSSR count). The Hall–Kier alpha value is -3.53. The number of carbonyl (C=O) groups is 4. The van der Waals surface area contributed by atoms with Gasteiger partial charge in [0.25, 0.3) is 0 Å². The van der Waals surface area contributed by atoms with Crippen LogP contribution in [0, 0.1) is 24.7 Å². The summed E-state index contributed by atoms with van der Waals surface area (Å²) in [5.41, 5.74) is 7.12. The zero-order valence-electron chi connectivity index (χ0n) is 30.4. The van der Waals surface area contributed by atoms with Crippen LogP contribution >= 0.6 is 15.9 Å². The molecule has 2 aromatic rings. The zero-order valence-corrected chi connectivity index (χ0v) is 32.0. The fourth-order valence-electron chi connectivity index (χ4n) is 8.92. The lowest BCUT2D eigenvalue weighted by Crippen LogP contribution is -2.34. The third-order valence-electron chi connectivity index (χ3n) is 11.4. The Morgan fingerprint density at radius 1 is 0.745 bits per heavy atom. The van der Waals surface area contributed by atoms with E-state index in [4.69, 9.17) is 0 Å². The molecule has 0 spiro atoms. The van der Waals surface area contributed by atoms with Crippen molar-refractivity contribution in [2.75, 3.05) is 10.6 Å². The van der Waals surface area contributed by atoms with Gasteiger partial charge < -0.3 is 10.6 Å². The van der Waals surface area contributed by atoms with Gasteiger partial charge in [-0.1, -0.05) is 51.7 Å². The highest BCUT2D eigenvalue weighted by Crippen LogP contribution is 2.60. The second-order valence-corrected chi connectivity index (χ2v) is 15.6. The minimum atomic E-state index is -4.66. The van der Waals surface area contributed by atoms with Gasteiger partial charge in [-0.05, 0) is 125 Å². The van der Waals surface area contributed by atoms with Crippen molar-refractivity contribution in [2.24, 2.45) is 10.8 Å². The summed E-state index contributed by atoms with van der Waals surface area (Å²) < 4.78 is 42.3. The van der Waals surface area contributed by atoms with E-state index in [-0.39, 0.29) is 35.0 Å². The first-order chi connectivity index (χ1) is 24.0. The summed E-state index contributed by atoms with van der Waals surface area (Å²) >= 11 is 3.60. The summed E-state index contributed by atoms with van der Waals surface area (Å²) in [5, 5.41) is 5.67. The summed E-state index contributed by atoms with van der Waals surface area (Å²) in [6.45, 7) is 11.1.